The molecule has 0 aliphatic carbocycles. The third kappa shape index (κ3) is 5.22. The molecule has 0 unspecified atom stereocenters. The summed E-state index contributed by atoms with van der Waals surface area (Å²) in [5.74, 6) is 0.411. The number of pyridine rings is 1. The highest BCUT2D eigenvalue weighted by atomic mass is 35.5. The maximum Gasteiger partial charge on any atom is 0.236 e. The first-order chi connectivity index (χ1) is 13.5. The zero-order chi connectivity index (χ0) is 20.0. The van der Waals surface area contributed by atoms with E-state index >= 15 is 0 Å². The second-order valence-corrected chi connectivity index (χ2v) is 8.10. The summed E-state index contributed by atoms with van der Waals surface area (Å²) in [5.41, 5.74) is 2.10. The van der Waals surface area contributed by atoms with Crippen LogP contribution in [0, 0.1) is 11.3 Å². The first-order valence-corrected chi connectivity index (χ1v) is 10.3. The van der Waals surface area contributed by atoms with E-state index in [0.29, 0.717) is 27.6 Å². The van der Waals surface area contributed by atoms with Crippen LogP contribution in [0.2, 0.25) is 5.02 Å². The van der Waals surface area contributed by atoms with Crippen LogP contribution in [0.5, 0.6) is 5.75 Å². The van der Waals surface area contributed by atoms with E-state index in [1.54, 1.807) is 42.6 Å². The van der Waals surface area contributed by atoms with E-state index in [0.717, 1.165) is 5.56 Å². The Morgan fingerprint density at radius 1 is 1.07 bits per heavy atom. The molecule has 8 heteroatoms. The molecular formula is C20H16ClN3O3S. The molecule has 0 aliphatic heterocycles. The van der Waals surface area contributed by atoms with Gasteiger partial charge in [0, 0.05) is 11.8 Å². The Hall–Kier alpha value is -3.08. The average Bonchev–Trinajstić information content (AvgIpc) is 2.68. The van der Waals surface area contributed by atoms with Crippen molar-refractivity contribution >= 4 is 27.3 Å². The zero-order valence-corrected chi connectivity index (χ0v) is 16.2. The largest absolute Gasteiger partial charge is 0.492 e. The number of ether oxygens (including phenoxy) is 1. The van der Waals surface area contributed by atoms with Crippen LogP contribution in [0.15, 0.2) is 67.0 Å². The van der Waals surface area contributed by atoms with Gasteiger partial charge in [-0.1, -0.05) is 35.9 Å². The summed E-state index contributed by atoms with van der Waals surface area (Å²) in [5, 5.41) is 9.28. The summed E-state index contributed by atoms with van der Waals surface area (Å²) in [4.78, 5) is 4.08. The third-order valence-electron chi connectivity index (χ3n) is 3.80. The van der Waals surface area contributed by atoms with Crippen LogP contribution in [0.4, 0.5) is 5.69 Å². The molecule has 0 fully saturated rings. The van der Waals surface area contributed by atoms with E-state index < -0.39 is 10.0 Å². The Bertz CT molecular complexity index is 1110. The van der Waals surface area contributed by atoms with Gasteiger partial charge in [-0.2, -0.15) is 5.26 Å². The lowest BCUT2D eigenvalue weighted by molar-refractivity contribution is 0.341. The van der Waals surface area contributed by atoms with E-state index in [1.807, 2.05) is 24.3 Å². The number of nitrogens with zero attached hydrogens (tertiary/aromatic N) is 2. The lowest BCUT2D eigenvalue weighted by Gasteiger charge is -2.10. The van der Waals surface area contributed by atoms with Gasteiger partial charge in [0.15, 0.2) is 0 Å². The number of nitriles is 1. The predicted octanol–water partition coefficient (Wildman–Crippen LogP) is 4.09. The van der Waals surface area contributed by atoms with Crippen LogP contribution in [0.3, 0.4) is 0 Å². The van der Waals surface area contributed by atoms with Crippen LogP contribution in [-0.4, -0.2) is 25.8 Å². The molecule has 0 saturated heterocycles. The smallest absolute Gasteiger partial charge is 0.236 e. The maximum absolute atomic E-state index is 12.3. The van der Waals surface area contributed by atoms with Crippen molar-refractivity contribution in [1.82, 2.24) is 4.98 Å². The molecule has 1 heterocycles. The SMILES string of the molecule is N#Cc1ccc(-c2cncc(NS(=O)(=O)CCOc3ccccc3)c2)cc1Cl. The number of nitrogens with one attached hydrogen (secondary N) is 1. The lowest BCUT2D eigenvalue weighted by atomic mass is 10.1. The normalized spacial score (nSPS) is 10.9. The molecule has 0 radical (unpaired) electrons. The van der Waals surface area contributed by atoms with Crippen LogP contribution < -0.4 is 9.46 Å². The molecule has 2 aromatic carbocycles. The van der Waals surface area contributed by atoms with Gasteiger partial charge in [0.05, 0.1) is 22.5 Å². The number of sulfonamides is 1. The van der Waals surface area contributed by atoms with Crippen molar-refractivity contribution in [3.8, 4) is 22.9 Å². The lowest BCUT2D eigenvalue weighted by Crippen LogP contribution is -2.21. The summed E-state index contributed by atoms with van der Waals surface area (Å²) in [6.07, 6.45) is 3.01. The fraction of sp³-hybridized carbons (Fsp3) is 0.100. The van der Waals surface area contributed by atoms with Gasteiger partial charge in [-0.05, 0) is 35.9 Å². The number of rotatable bonds is 7. The number of hydrogen-bond donors (Lipinski definition) is 1. The number of aromatic nitrogens is 1. The molecule has 0 saturated carbocycles. The molecule has 0 atom stereocenters. The number of hydrogen-bond acceptors (Lipinski definition) is 5. The highest BCUT2D eigenvalue weighted by Gasteiger charge is 2.12. The fourth-order valence-electron chi connectivity index (χ4n) is 2.46. The predicted molar refractivity (Wildman–Crippen MR) is 109 cm³/mol. The Balaban J connectivity index is 1.68. The number of halogens is 1. The quantitative estimate of drug-likeness (QED) is 0.629. The molecule has 0 amide bonds. The van der Waals surface area contributed by atoms with Gasteiger partial charge in [0.25, 0.3) is 0 Å². The van der Waals surface area contributed by atoms with Crippen molar-refractivity contribution in [2.75, 3.05) is 17.1 Å². The highest BCUT2D eigenvalue weighted by molar-refractivity contribution is 7.92. The minimum absolute atomic E-state index is 0.0255. The number of anilines is 1. The molecule has 1 aromatic heterocycles. The van der Waals surface area contributed by atoms with Crippen LogP contribution in [-0.2, 0) is 10.0 Å². The molecule has 1 N–H and O–H groups in total. The van der Waals surface area contributed by atoms with E-state index in [4.69, 9.17) is 21.6 Å². The van der Waals surface area contributed by atoms with Crippen LogP contribution in [0.1, 0.15) is 5.56 Å². The van der Waals surface area contributed by atoms with E-state index in [9.17, 15) is 8.42 Å². The Labute approximate surface area is 168 Å². The first-order valence-electron chi connectivity index (χ1n) is 8.30. The van der Waals surface area contributed by atoms with Crippen molar-refractivity contribution in [1.29, 1.82) is 5.26 Å². The van der Waals surface area contributed by atoms with Crippen molar-refractivity contribution in [2.24, 2.45) is 0 Å². The minimum Gasteiger partial charge on any atom is -0.492 e. The van der Waals surface area contributed by atoms with Gasteiger partial charge in [-0.25, -0.2) is 8.42 Å². The van der Waals surface area contributed by atoms with Crippen molar-refractivity contribution in [3.63, 3.8) is 0 Å². The molecule has 3 rings (SSSR count). The molecule has 3 aromatic rings. The molecule has 0 bridgehead atoms. The van der Waals surface area contributed by atoms with Gasteiger partial charge < -0.3 is 4.74 Å². The Morgan fingerprint density at radius 2 is 1.86 bits per heavy atom. The van der Waals surface area contributed by atoms with Crippen LogP contribution in [0.25, 0.3) is 11.1 Å². The molecule has 0 aliphatic rings. The standard InChI is InChI=1S/C20H16ClN3O3S/c21-20-11-15(6-7-16(20)12-22)17-10-18(14-23-13-17)24-28(25,26)9-8-27-19-4-2-1-3-5-19/h1-7,10-11,13-14,24H,8-9H2. The van der Waals surface area contributed by atoms with Gasteiger partial charge in [0.1, 0.15) is 24.2 Å². The fourth-order valence-corrected chi connectivity index (χ4v) is 3.55. The van der Waals surface area contributed by atoms with E-state index in [-0.39, 0.29) is 12.4 Å². The summed E-state index contributed by atoms with van der Waals surface area (Å²) in [6, 6.07) is 17.6. The third-order valence-corrected chi connectivity index (χ3v) is 5.36. The zero-order valence-electron chi connectivity index (χ0n) is 14.7. The minimum atomic E-state index is -3.61. The summed E-state index contributed by atoms with van der Waals surface area (Å²) in [6.45, 7) is 0.0255. The van der Waals surface area contributed by atoms with Crippen molar-refractivity contribution in [2.45, 2.75) is 0 Å². The van der Waals surface area contributed by atoms with Crippen molar-refractivity contribution in [3.05, 3.63) is 77.6 Å². The second kappa shape index (κ2) is 8.74. The number of para-hydroxylation sites is 1. The summed E-state index contributed by atoms with van der Waals surface area (Å²) < 4.78 is 32.5. The summed E-state index contributed by atoms with van der Waals surface area (Å²) in [7, 11) is -3.61. The Kier molecular flexibility index (Phi) is 6.14. The monoisotopic (exact) mass is 413 g/mol. The molecular weight excluding hydrogens is 398 g/mol. The average molecular weight is 414 g/mol. The molecule has 142 valence electrons. The number of benzene rings is 2. The first kappa shape index (κ1) is 19.7. The molecule has 28 heavy (non-hydrogen) atoms. The van der Waals surface area contributed by atoms with E-state index in [1.165, 1.54) is 6.20 Å². The van der Waals surface area contributed by atoms with Crippen LogP contribution >= 0.6 is 11.6 Å². The van der Waals surface area contributed by atoms with Crippen molar-refractivity contribution < 1.29 is 13.2 Å². The second-order valence-electron chi connectivity index (χ2n) is 5.85. The van der Waals surface area contributed by atoms with E-state index in [2.05, 4.69) is 9.71 Å². The van der Waals surface area contributed by atoms with Gasteiger partial charge >= 0.3 is 0 Å². The highest BCUT2D eigenvalue weighted by Crippen LogP contribution is 2.26. The Morgan fingerprint density at radius 3 is 2.57 bits per heavy atom. The van der Waals surface area contributed by atoms with Gasteiger partial charge in [-0.3, -0.25) is 9.71 Å². The maximum atomic E-state index is 12.3. The van der Waals surface area contributed by atoms with Gasteiger partial charge in [-0.15, -0.1) is 0 Å². The van der Waals surface area contributed by atoms with Gasteiger partial charge in [0.2, 0.25) is 10.0 Å². The summed E-state index contributed by atoms with van der Waals surface area (Å²) >= 11 is 6.07. The molecule has 0 spiro atoms. The topological polar surface area (TPSA) is 92.1 Å². The molecule has 6 nitrogen and oxygen atoms in total.